The Bertz CT molecular complexity index is 505. The Morgan fingerprint density at radius 1 is 1.27 bits per heavy atom. The highest BCUT2D eigenvalue weighted by Gasteiger charge is 2.22. The van der Waals surface area contributed by atoms with Crippen molar-refractivity contribution in [2.45, 2.75) is 19.3 Å². The fraction of sp³-hybridized carbons (Fsp3) is 0.529. The van der Waals surface area contributed by atoms with E-state index in [2.05, 4.69) is 29.3 Å². The van der Waals surface area contributed by atoms with Crippen LogP contribution in [0.2, 0.25) is 0 Å². The molecule has 0 aliphatic carbocycles. The summed E-state index contributed by atoms with van der Waals surface area (Å²) in [7, 11) is 3.64. The van der Waals surface area contributed by atoms with Crippen LogP contribution in [-0.2, 0) is 11.2 Å². The monoisotopic (exact) mass is 302 g/mol. The summed E-state index contributed by atoms with van der Waals surface area (Å²) >= 11 is 0. The first-order valence-corrected chi connectivity index (χ1v) is 7.85. The highest BCUT2D eigenvalue weighted by molar-refractivity contribution is 5.83. The second kappa shape index (κ2) is 7.82. The number of rotatable bonds is 4. The molecule has 0 saturated carbocycles. The summed E-state index contributed by atoms with van der Waals surface area (Å²) < 4.78 is 0. The number of hydrogen-bond donors (Lipinski definition) is 1. The molecule has 22 heavy (non-hydrogen) atoms. The number of carbonyl (C=O) groups is 1. The number of aliphatic imine (C=N–C) groups is 1. The van der Waals surface area contributed by atoms with Crippen molar-refractivity contribution in [2.75, 3.05) is 33.7 Å². The van der Waals surface area contributed by atoms with Gasteiger partial charge in [-0.25, -0.2) is 4.99 Å². The number of hydrogen-bond acceptors (Lipinski definition) is 2. The van der Waals surface area contributed by atoms with Gasteiger partial charge in [0.05, 0.1) is 0 Å². The Morgan fingerprint density at radius 3 is 2.50 bits per heavy atom. The third kappa shape index (κ3) is 4.76. The number of guanidine groups is 1. The normalized spacial score (nSPS) is 16.6. The van der Waals surface area contributed by atoms with Crippen molar-refractivity contribution in [2.24, 2.45) is 16.6 Å². The molecule has 0 atom stereocenters. The zero-order valence-electron chi connectivity index (χ0n) is 13.5. The minimum Gasteiger partial charge on any atom is -0.370 e. The Morgan fingerprint density at radius 2 is 1.91 bits per heavy atom. The van der Waals surface area contributed by atoms with Crippen LogP contribution >= 0.6 is 0 Å². The fourth-order valence-electron chi connectivity index (χ4n) is 2.72. The molecular formula is C17H26N4O. The van der Waals surface area contributed by atoms with Crippen LogP contribution in [-0.4, -0.2) is 55.4 Å². The van der Waals surface area contributed by atoms with Gasteiger partial charge >= 0.3 is 0 Å². The standard InChI is InChI=1S/C17H26N4O/c1-20(2)17(18)19-13-16(22)21-10-8-15(9-11-21)12-14-6-4-3-5-7-14/h3-7,15H,8-13H2,1-2H3,(H2,18,19). The Balaban J connectivity index is 1.77. The molecule has 1 amide bonds. The third-order valence-corrected chi connectivity index (χ3v) is 4.17. The quantitative estimate of drug-likeness (QED) is 0.674. The first-order valence-electron chi connectivity index (χ1n) is 7.85. The summed E-state index contributed by atoms with van der Waals surface area (Å²) in [6, 6.07) is 10.6. The van der Waals surface area contributed by atoms with Gasteiger partial charge in [-0.3, -0.25) is 4.79 Å². The first-order chi connectivity index (χ1) is 10.6. The van der Waals surface area contributed by atoms with Crippen molar-refractivity contribution < 1.29 is 4.79 Å². The van der Waals surface area contributed by atoms with Crippen molar-refractivity contribution in [1.29, 1.82) is 0 Å². The van der Waals surface area contributed by atoms with Crippen LogP contribution in [0.4, 0.5) is 0 Å². The lowest BCUT2D eigenvalue weighted by atomic mass is 9.90. The molecule has 0 unspecified atom stereocenters. The molecular weight excluding hydrogens is 276 g/mol. The van der Waals surface area contributed by atoms with E-state index in [1.165, 1.54) is 5.56 Å². The minimum absolute atomic E-state index is 0.0722. The van der Waals surface area contributed by atoms with Crippen LogP contribution in [0.15, 0.2) is 35.3 Å². The van der Waals surface area contributed by atoms with E-state index in [-0.39, 0.29) is 12.5 Å². The van der Waals surface area contributed by atoms with Crippen molar-refractivity contribution in [3.05, 3.63) is 35.9 Å². The van der Waals surface area contributed by atoms with Gasteiger partial charge in [-0.05, 0) is 30.7 Å². The zero-order chi connectivity index (χ0) is 15.9. The van der Waals surface area contributed by atoms with E-state index in [0.29, 0.717) is 11.9 Å². The van der Waals surface area contributed by atoms with Crippen molar-refractivity contribution in [3.63, 3.8) is 0 Å². The van der Waals surface area contributed by atoms with Gasteiger partial charge in [0, 0.05) is 27.2 Å². The number of amides is 1. The lowest BCUT2D eigenvalue weighted by Crippen LogP contribution is -2.41. The molecule has 120 valence electrons. The highest BCUT2D eigenvalue weighted by Crippen LogP contribution is 2.21. The molecule has 1 aromatic carbocycles. The van der Waals surface area contributed by atoms with Crippen LogP contribution in [0.1, 0.15) is 18.4 Å². The molecule has 2 rings (SSSR count). The van der Waals surface area contributed by atoms with E-state index >= 15 is 0 Å². The Kier molecular flexibility index (Phi) is 5.81. The molecule has 0 bridgehead atoms. The van der Waals surface area contributed by atoms with Gasteiger partial charge in [0.2, 0.25) is 5.91 Å². The van der Waals surface area contributed by atoms with E-state index in [0.717, 1.165) is 32.4 Å². The molecule has 1 aliphatic heterocycles. The molecule has 5 nitrogen and oxygen atoms in total. The van der Waals surface area contributed by atoms with Gasteiger partial charge in [-0.15, -0.1) is 0 Å². The zero-order valence-corrected chi connectivity index (χ0v) is 13.5. The van der Waals surface area contributed by atoms with Crippen LogP contribution in [0, 0.1) is 5.92 Å². The Hall–Kier alpha value is -2.04. The number of carbonyl (C=O) groups excluding carboxylic acids is 1. The summed E-state index contributed by atoms with van der Waals surface area (Å²) in [5, 5.41) is 0. The van der Waals surface area contributed by atoms with Gasteiger partial charge in [-0.2, -0.15) is 0 Å². The van der Waals surface area contributed by atoms with Crippen LogP contribution in [0.25, 0.3) is 0 Å². The predicted octanol–water partition coefficient (Wildman–Crippen LogP) is 1.34. The lowest BCUT2D eigenvalue weighted by molar-refractivity contribution is -0.130. The van der Waals surface area contributed by atoms with Gasteiger partial charge in [-0.1, -0.05) is 30.3 Å². The second-order valence-electron chi connectivity index (χ2n) is 6.08. The largest absolute Gasteiger partial charge is 0.370 e. The second-order valence-corrected chi connectivity index (χ2v) is 6.08. The fourth-order valence-corrected chi connectivity index (χ4v) is 2.72. The molecule has 0 spiro atoms. The number of piperidine rings is 1. The summed E-state index contributed by atoms with van der Waals surface area (Å²) in [5.41, 5.74) is 7.09. The SMILES string of the molecule is CN(C)C(N)=NCC(=O)N1CCC(Cc2ccccc2)CC1. The molecule has 1 aliphatic rings. The van der Waals surface area contributed by atoms with E-state index in [1.54, 1.807) is 4.90 Å². The number of nitrogens with zero attached hydrogens (tertiary/aromatic N) is 3. The lowest BCUT2D eigenvalue weighted by Gasteiger charge is -2.32. The van der Waals surface area contributed by atoms with Crippen LogP contribution < -0.4 is 5.73 Å². The first kappa shape index (κ1) is 16.3. The van der Waals surface area contributed by atoms with Crippen molar-refractivity contribution in [1.82, 2.24) is 9.80 Å². The smallest absolute Gasteiger partial charge is 0.244 e. The molecule has 1 fully saturated rings. The van der Waals surface area contributed by atoms with E-state index in [4.69, 9.17) is 5.73 Å². The highest BCUT2D eigenvalue weighted by atomic mass is 16.2. The number of nitrogens with two attached hydrogens (primary N) is 1. The van der Waals surface area contributed by atoms with Gasteiger partial charge in [0.15, 0.2) is 5.96 Å². The molecule has 0 aromatic heterocycles. The molecule has 0 radical (unpaired) electrons. The van der Waals surface area contributed by atoms with Crippen molar-refractivity contribution in [3.8, 4) is 0 Å². The minimum atomic E-state index is 0.0722. The summed E-state index contributed by atoms with van der Waals surface area (Å²) in [6.45, 7) is 1.80. The summed E-state index contributed by atoms with van der Waals surface area (Å²) in [6.07, 6.45) is 3.23. The van der Waals surface area contributed by atoms with Crippen molar-refractivity contribution >= 4 is 11.9 Å². The molecule has 1 aromatic rings. The third-order valence-electron chi connectivity index (χ3n) is 4.17. The van der Waals surface area contributed by atoms with Crippen LogP contribution in [0.3, 0.4) is 0 Å². The number of likely N-dealkylation sites (tertiary alicyclic amines) is 1. The van der Waals surface area contributed by atoms with Crippen LogP contribution in [0.5, 0.6) is 0 Å². The van der Waals surface area contributed by atoms with E-state index in [1.807, 2.05) is 25.1 Å². The summed E-state index contributed by atoms with van der Waals surface area (Å²) in [4.78, 5) is 19.9. The maximum absolute atomic E-state index is 12.1. The van der Waals surface area contributed by atoms with E-state index in [9.17, 15) is 4.79 Å². The topological polar surface area (TPSA) is 61.9 Å². The van der Waals surface area contributed by atoms with Gasteiger partial charge < -0.3 is 15.5 Å². The molecule has 1 heterocycles. The molecule has 5 heteroatoms. The van der Waals surface area contributed by atoms with E-state index < -0.39 is 0 Å². The average molecular weight is 302 g/mol. The van der Waals surface area contributed by atoms with Gasteiger partial charge in [0.1, 0.15) is 6.54 Å². The maximum atomic E-state index is 12.1. The van der Waals surface area contributed by atoms with Gasteiger partial charge in [0.25, 0.3) is 0 Å². The average Bonchev–Trinajstić information content (AvgIpc) is 2.54. The number of benzene rings is 1. The molecule has 2 N–H and O–H groups in total. The Labute approximate surface area is 132 Å². The summed E-state index contributed by atoms with van der Waals surface area (Å²) in [5.74, 6) is 1.14. The predicted molar refractivity (Wildman–Crippen MR) is 89.6 cm³/mol. The maximum Gasteiger partial charge on any atom is 0.244 e. The molecule has 1 saturated heterocycles.